The Morgan fingerprint density at radius 2 is 1.18 bits per heavy atom. The molecule has 7 rings (SSSR count). The molecule has 0 amide bonds. The van der Waals surface area contributed by atoms with E-state index in [9.17, 15) is 0 Å². The number of benzene rings is 4. The molecule has 0 radical (unpaired) electrons. The van der Waals surface area contributed by atoms with E-state index in [1.54, 1.807) is 7.11 Å². The van der Waals surface area contributed by atoms with Crippen LogP contribution in [0, 0.1) is 0 Å². The van der Waals surface area contributed by atoms with Gasteiger partial charge in [-0.15, -0.1) is 0 Å². The second-order valence-corrected chi connectivity index (χ2v) is 36.6. The number of allylic oxidation sites excluding steroid dienone is 1. The second-order valence-electron chi connectivity index (χ2n) is 27.1. The summed E-state index contributed by atoms with van der Waals surface area (Å²) >= 11 is 0. The van der Waals surface area contributed by atoms with Gasteiger partial charge in [0.25, 0.3) is 0 Å². The average molecular weight is 1170 g/mol. The molecular formula is C68H100O12Si2. The molecule has 0 aliphatic carbocycles. The summed E-state index contributed by atoms with van der Waals surface area (Å²) in [4.78, 5) is 15.2. The lowest BCUT2D eigenvalue weighted by Gasteiger charge is -2.58. The molecule has 0 unspecified atom stereocenters. The predicted molar refractivity (Wildman–Crippen MR) is 330 cm³/mol. The third-order valence-corrected chi connectivity index (χ3v) is 27.6. The minimum absolute atomic E-state index is 0.0166. The summed E-state index contributed by atoms with van der Waals surface area (Å²) in [5, 5.41) is -0.0227. The van der Waals surface area contributed by atoms with Gasteiger partial charge in [0, 0.05) is 32.3 Å². The fourth-order valence-corrected chi connectivity index (χ4v) is 13.4. The first kappa shape index (κ1) is 65.5. The molecule has 11 atom stereocenters. The highest BCUT2D eigenvalue weighted by Gasteiger charge is 2.62. The highest BCUT2D eigenvalue weighted by molar-refractivity contribution is 6.74. The minimum atomic E-state index is -2.31. The van der Waals surface area contributed by atoms with E-state index in [2.05, 4.69) is 107 Å². The van der Waals surface area contributed by atoms with E-state index in [1.807, 2.05) is 123 Å². The quantitative estimate of drug-likeness (QED) is 0.0258. The zero-order valence-electron chi connectivity index (χ0n) is 52.6. The van der Waals surface area contributed by atoms with E-state index < -0.39 is 69.4 Å². The molecule has 82 heavy (non-hydrogen) atoms. The van der Waals surface area contributed by atoms with Gasteiger partial charge in [0.15, 0.2) is 22.2 Å². The normalized spacial score (nSPS) is 29.1. The molecule has 14 heteroatoms. The number of methoxy groups -OCH3 is 1. The number of hydrogen-bond acceptors (Lipinski definition) is 12. The van der Waals surface area contributed by atoms with E-state index in [4.69, 9.17) is 51.5 Å². The number of fused-ring (bicyclic) bond motifs is 1. The monoisotopic (exact) mass is 1160 g/mol. The summed E-state index contributed by atoms with van der Waals surface area (Å²) in [7, 11) is -2.81. The molecule has 12 nitrogen and oxygen atoms in total. The van der Waals surface area contributed by atoms with Gasteiger partial charge in [-0.25, -0.2) is 0 Å². The summed E-state index contributed by atoms with van der Waals surface area (Å²) in [5.74, 6) is 0.360. The molecule has 0 N–H and O–H groups in total. The molecule has 3 saturated heterocycles. The van der Waals surface area contributed by atoms with E-state index >= 15 is 4.79 Å². The zero-order chi connectivity index (χ0) is 59.6. The Bertz CT molecular complexity index is 2620. The van der Waals surface area contributed by atoms with Gasteiger partial charge in [-0.05, 0) is 118 Å². The van der Waals surface area contributed by atoms with Gasteiger partial charge in [-0.1, -0.05) is 157 Å². The zero-order valence-corrected chi connectivity index (χ0v) is 54.6. The molecule has 4 aromatic rings. The fraction of sp³-hybridized carbons (Fsp3) is 0.603. The van der Waals surface area contributed by atoms with Crippen LogP contribution in [0.1, 0.15) is 137 Å². The van der Waals surface area contributed by atoms with Gasteiger partial charge in [0.2, 0.25) is 0 Å². The predicted octanol–water partition coefficient (Wildman–Crippen LogP) is 15.1. The lowest BCUT2D eigenvalue weighted by Crippen LogP contribution is -2.71. The maximum atomic E-state index is 15.2. The van der Waals surface area contributed by atoms with Crippen LogP contribution in [0.5, 0.6) is 5.75 Å². The Morgan fingerprint density at radius 3 is 1.73 bits per heavy atom. The molecule has 0 bridgehead atoms. The van der Waals surface area contributed by atoms with Crippen LogP contribution in [0.3, 0.4) is 0 Å². The van der Waals surface area contributed by atoms with E-state index in [0.717, 1.165) is 28.0 Å². The Hall–Kier alpha value is -4.04. The van der Waals surface area contributed by atoms with Gasteiger partial charge < -0.3 is 51.5 Å². The molecule has 3 heterocycles. The lowest BCUT2D eigenvalue weighted by molar-refractivity contribution is -0.325. The Kier molecular flexibility index (Phi) is 22.0. The van der Waals surface area contributed by atoms with E-state index in [-0.39, 0.29) is 48.0 Å². The van der Waals surface area contributed by atoms with Crippen molar-refractivity contribution in [1.82, 2.24) is 0 Å². The molecule has 3 aliphatic heterocycles. The molecule has 452 valence electrons. The Morgan fingerprint density at radius 1 is 0.646 bits per heavy atom. The van der Waals surface area contributed by atoms with Crippen LogP contribution >= 0.6 is 0 Å². The number of carbonyl (C=O) groups excluding carboxylic acids is 1. The highest BCUT2D eigenvalue weighted by Crippen LogP contribution is 2.50. The minimum Gasteiger partial charge on any atom is -0.497 e. The molecule has 0 aromatic heterocycles. The van der Waals surface area contributed by atoms with Crippen molar-refractivity contribution in [2.24, 2.45) is 0 Å². The molecule has 4 aromatic carbocycles. The van der Waals surface area contributed by atoms with Crippen LogP contribution < -0.4 is 4.74 Å². The van der Waals surface area contributed by atoms with Crippen molar-refractivity contribution in [2.45, 2.75) is 243 Å². The van der Waals surface area contributed by atoms with Gasteiger partial charge >= 0.3 is 5.97 Å². The lowest BCUT2D eigenvalue weighted by atomic mass is 9.75. The van der Waals surface area contributed by atoms with Gasteiger partial charge in [-0.2, -0.15) is 0 Å². The van der Waals surface area contributed by atoms with Crippen LogP contribution in [0.15, 0.2) is 127 Å². The second kappa shape index (κ2) is 27.6. The summed E-state index contributed by atoms with van der Waals surface area (Å²) in [6, 6.07) is 38.3. The Balaban J connectivity index is 1.20. The van der Waals surface area contributed by atoms with Crippen molar-refractivity contribution in [2.75, 3.05) is 20.3 Å². The van der Waals surface area contributed by atoms with Gasteiger partial charge in [0.05, 0.1) is 75.3 Å². The highest BCUT2D eigenvalue weighted by atomic mass is 28.4. The van der Waals surface area contributed by atoms with Crippen molar-refractivity contribution in [3.8, 4) is 5.75 Å². The standard InChI is InChI=1S/C68H100O12Si2/c1-17-18-34-57-68(11,62(74-48-52-32-26-21-27-33-52)61(73-47-51-30-24-20-25-31-51)66(9,77-57)41-42-71-45-50-28-22-19-23-29-50)79-60(69)39-40-65(8)59(72-46-53-35-37-54(70-12)38-36-53)44-67(10)58(78-65)43-55(80-82(15,16)64(5,6)7)56(76-67)49-75-81(13,14)63(2,3)4/h17-33,35-38,55-59,61-62H,34,39-49H2,1-16H3/b18-17-/t55-,56+,57+,58+,59+,61+,62-,65-,66-,67-,68+/m0/s1. The summed E-state index contributed by atoms with van der Waals surface area (Å²) in [6.07, 6.45) is 2.88. The number of ether oxygens (including phenoxy) is 9. The third kappa shape index (κ3) is 16.5. The average Bonchev–Trinajstić information content (AvgIpc) is 1.65. The van der Waals surface area contributed by atoms with Crippen LogP contribution in [-0.4, -0.2) is 108 Å². The molecule has 3 fully saturated rings. The van der Waals surface area contributed by atoms with Crippen LogP contribution in [0.4, 0.5) is 0 Å². The maximum absolute atomic E-state index is 15.2. The van der Waals surface area contributed by atoms with Gasteiger partial charge in [-0.3, -0.25) is 4.79 Å². The van der Waals surface area contributed by atoms with Crippen LogP contribution in [-0.2, 0) is 78.0 Å². The SMILES string of the molecule is C/C=C\C[C@H]1O[C@@](C)(CCOCc2ccccc2)[C@H](OCc2ccccc2)[C@H](OCc2ccccc2)[C@]1(C)OC(=O)CC[C@]1(C)O[C@@H]2C[C@H](O[Si](C)(C)C(C)(C)C)[C@@H](CO[Si](C)(C)C(C)(C)C)O[C@@]2(C)C[C@H]1OCc1ccc(OC)cc1. The summed E-state index contributed by atoms with van der Waals surface area (Å²) in [6.45, 7) is 35.2. The number of hydrogen-bond donors (Lipinski definition) is 0. The van der Waals surface area contributed by atoms with Crippen LogP contribution in [0.2, 0.25) is 36.3 Å². The number of carbonyl (C=O) groups is 1. The Labute approximate surface area is 494 Å². The van der Waals surface area contributed by atoms with E-state index in [0.29, 0.717) is 58.5 Å². The van der Waals surface area contributed by atoms with Crippen molar-refractivity contribution in [3.63, 3.8) is 0 Å². The first-order valence-electron chi connectivity index (χ1n) is 30.0. The fourth-order valence-electron chi connectivity index (χ4n) is 11.1. The van der Waals surface area contributed by atoms with Gasteiger partial charge in [0.1, 0.15) is 30.2 Å². The van der Waals surface area contributed by atoms with Crippen molar-refractivity contribution >= 4 is 22.6 Å². The topological polar surface area (TPSA) is 119 Å². The van der Waals surface area contributed by atoms with Crippen molar-refractivity contribution in [3.05, 3.63) is 150 Å². The van der Waals surface area contributed by atoms with E-state index in [1.165, 1.54) is 0 Å². The van der Waals surface area contributed by atoms with Crippen molar-refractivity contribution in [1.29, 1.82) is 0 Å². The largest absolute Gasteiger partial charge is 0.497 e. The van der Waals surface area contributed by atoms with Crippen LogP contribution in [0.25, 0.3) is 0 Å². The summed E-state index contributed by atoms with van der Waals surface area (Å²) in [5.41, 5.74) is 0.0743. The molecule has 0 spiro atoms. The molecule has 0 saturated carbocycles. The first-order valence-corrected chi connectivity index (χ1v) is 35.8. The molecular weight excluding hydrogens is 1060 g/mol. The smallest absolute Gasteiger partial charge is 0.306 e. The first-order chi connectivity index (χ1) is 38.6. The third-order valence-electron chi connectivity index (χ3n) is 18.6. The maximum Gasteiger partial charge on any atom is 0.306 e. The van der Waals surface area contributed by atoms with Crippen molar-refractivity contribution < 1.29 is 56.3 Å². The summed E-state index contributed by atoms with van der Waals surface area (Å²) < 4.78 is 76.6. The number of rotatable bonds is 26. The molecule has 3 aliphatic rings. The number of esters is 1.